The van der Waals surface area contributed by atoms with Gasteiger partial charge in [0, 0.05) is 38.0 Å². The standard InChI is InChI=1S/C17H23F3N4O2/c1-26-16-11(10-22-15(25)13-3-2-6-21-13)9-12(18)14(23-16)24-7-4-17(19,20)5-8-24/h9,13,21H,2-8,10H2,1H3,(H,22,25). The Bertz CT molecular complexity index is 656. The fraction of sp³-hybridized carbons (Fsp3) is 0.647. The summed E-state index contributed by atoms with van der Waals surface area (Å²) >= 11 is 0. The number of amides is 1. The van der Waals surface area contributed by atoms with Crippen LogP contribution in [0.2, 0.25) is 0 Å². The Balaban J connectivity index is 1.69. The lowest BCUT2D eigenvalue weighted by molar-refractivity contribution is -0.122. The van der Waals surface area contributed by atoms with Gasteiger partial charge >= 0.3 is 0 Å². The fourth-order valence-electron chi connectivity index (χ4n) is 3.29. The van der Waals surface area contributed by atoms with Crippen molar-refractivity contribution in [1.82, 2.24) is 15.6 Å². The van der Waals surface area contributed by atoms with Crippen LogP contribution in [-0.2, 0) is 11.3 Å². The fourth-order valence-corrected chi connectivity index (χ4v) is 3.29. The monoisotopic (exact) mass is 372 g/mol. The molecule has 0 bridgehead atoms. The smallest absolute Gasteiger partial charge is 0.251 e. The number of rotatable bonds is 5. The van der Waals surface area contributed by atoms with Gasteiger partial charge in [-0.05, 0) is 25.5 Å². The zero-order chi connectivity index (χ0) is 18.7. The van der Waals surface area contributed by atoms with Crippen molar-refractivity contribution in [3.8, 4) is 5.88 Å². The third kappa shape index (κ3) is 4.20. The minimum absolute atomic E-state index is 0.00452. The molecule has 1 amide bonds. The molecule has 9 heteroatoms. The maximum absolute atomic E-state index is 14.5. The number of anilines is 1. The van der Waals surface area contributed by atoms with Crippen molar-refractivity contribution in [3.05, 3.63) is 17.4 Å². The molecule has 1 unspecified atom stereocenters. The average molecular weight is 372 g/mol. The number of carbonyl (C=O) groups is 1. The molecule has 144 valence electrons. The summed E-state index contributed by atoms with van der Waals surface area (Å²) in [6.07, 6.45) is 1.06. The van der Waals surface area contributed by atoms with Crippen molar-refractivity contribution in [2.75, 3.05) is 31.6 Å². The molecule has 1 aromatic heterocycles. The Labute approximate surface area is 150 Å². The van der Waals surface area contributed by atoms with Crippen LogP contribution in [0.25, 0.3) is 0 Å². The van der Waals surface area contributed by atoms with Gasteiger partial charge in [-0.1, -0.05) is 0 Å². The van der Waals surface area contributed by atoms with Crippen molar-refractivity contribution < 1.29 is 22.7 Å². The summed E-state index contributed by atoms with van der Waals surface area (Å²) in [5.41, 5.74) is 0.405. The van der Waals surface area contributed by atoms with Gasteiger partial charge in [0.25, 0.3) is 5.92 Å². The third-order valence-electron chi connectivity index (χ3n) is 4.81. The van der Waals surface area contributed by atoms with Crippen molar-refractivity contribution in [3.63, 3.8) is 0 Å². The van der Waals surface area contributed by atoms with Crippen LogP contribution in [0.1, 0.15) is 31.2 Å². The summed E-state index contributed by atoms with van der Waals surface area (Å²) in [5.74, 6) is -3.29. The lowest BCUT2D eigenvalue weighted by Crippen LogP contribution is -2.40. The second-order valence-electron chi connectivity index (χ2n) is 6.67. The Morgan fingerprint density at radius 2 is 2.19 bits per heavy atom. The summed E-state index contributed by atoms with van der Waals surface area (Å²) in [4.78, 5) is 17.7. The molecule has 1 aromatic rings. The minimum Gasteiger partial charge on any atom is -0.481 e. The minimum atomic E-state index is -2.71. The molecule has 0 radical (unpaired) electrons. The topological polar surface area (TPSA) is 66.5 Å². The van der Waals surface area contributed by atoms with Crippen molar-refractivity contribution in [1.29, 1.82) is 0 Å². The van der Waals surface area contributed by atoms with Crippen LogP contribution in [0.4, 0.5) is 19.0 Å². The second-order valence-corrected chi connectivity index (χ2v) is 6.67. The number of methoxy groups -OCH3 is 1. The highest BCUT2D eigenvalue weighted by atomic mass is 19.3. The number of halogens is 3. The Hall–Kier alpha value is -2.03. The van der Waals surface area contributed by atoms with Gasteiger partial charge in [0.1, 0.15) is 0 Å². The third-order valence-corrected chi connectivity index (χ3v) is 4.81. The molecule has 2 aliphatic heterocycles. The highest BCUT2D eigenvalue weighted by Gasteiger charge is 2.35. The molecule has 1 atom stereocenters. The first-order chi connectivity index (χ1) is 12.4. The van der Waals surface area contributed by atoms with E-state index in [9.17, 15) is 18.0 Å². The lowest BCUT2D eigenvalue weighted by atomic mass is 10.1. The zero-order valence-corrected chi connectivity index (χ0v) is 14.7. The number of nitrogens with zero attached hydrogens (tertiary/aromatic N) is 2. The van der Waals surface area contributed by atoms with Gasteiger partial charge in [-0.15, -0.1) is 0 Å². The number of alkyl halides is 2. The van der Waals surface area contributed by atoms with Crippen LogP contribution in [0.3, 0.4) is 0 Å². The van der Waals surface area contributed by atoms with Crippen LogP contribution in [0.15, 0.2) is 6.07 Å². The predicted octanol–water partition coefficient (Wildman–Crippen LogP) is 1.83. The first-order valence-corrected chi connectivity index (χ1v) is 8.77. The van der Waals surface area contributed by atoms with E-state index in [1.807, 2.05) is 0 Å². The van der Waals surface area contributed by atoms with Crippen LogP contribution in [0, 0.1) is 5.82 Å². The van der Waals surface area contributed by atoms with E-state index in [0.29, 0.717) is 5.56 Å². The zero-order valence-electron chi connectivity index (χ0n) is 14.7. The highest BCUT2D eigenvalue weighted by molar-refractivity contribution is 5.82. The normalized spacial score (nSPS) is 22.3. The molecule has 2 aliphatic rings. The second kappa shape index (κ2) is 7.69. The van der Waals surface area contributed by atoms with Crippen LogP contribution < -0.4 is 20.3 Å². The number of pyridine rings is 1. The maximum atomic E-state index is 14.5. The quantitative estimate of drug-likeness (QED) is 0.826. The van der Waals surface area contributed by atoms with Crippen molar-refractivity contribution in [2.24, 2.45) is 0 Å². The molecule has 0 aliphatic carbocycles. The van der Waals surface area contributed by atoms with Gasteiger partial charge in [-0.2, -0.15) is 4.98 Å². The van der Waals surface area contributed by atoms with Crippen molar-refractivity contribution >= 4 is 11.7 Å². The Morgan fingerprint density at radius 3 is 2.81 bits per heavy atom. The molecule has 0 spiro atoms. The van der Waals surface area contributed by atoms with Crippen LogP contribution in [0.5, 0.6) is 5.88 Å². The number of nitrogens with one attached hydrogen (secondary N) is 2. The number of aromatic nitrogens is 1. The predicted molar refractivity (Wildman–Crippen MR) is 90.0 cm³/mol. The van der Waals surface area contributed by atoms with E-state index >= 15 is 0 Å². The van der Waals surface area contributed by atoms with E-state index in [2.05, 4.69) is 15.6 Å². The first kappa shape index (κ1) is 18.8. The van der Waals surface area contributed by atoms with Gasteiger partial charge in [0.15, 0.2) is 11.6 Å². The molecule has 2 N–H and O–H groups in total. The van der Waals surface area contributed by atoms with E-state index in [1.165, 1.54) is 18.1 Å². The van der Waals surface area contributed by atoms with E-state index in [-0.39, 0.29) is 56.1 Å². The number of carbonyl (C=O) groups excluding carboxylic acids is 1. The molecule has 26 heavy (non-hydrogen) atoms. The van der Waals surface area contributed by atoms with E-state index in [0.717, 1.165) is 19.4 Å². The Kier molecular flexibility index (Phi) is 5.55. The molecule has 0 saturated carbocycles. The summed E-state index contributed by atoms with van der Waals surface area (Å²) in [6.45, 7) is 0.955. The SMILES string of the molecule is COc1nc(N2CCC(F)(F)CC2)c(F)cc1CNC(=O)C1CCCN1. The van der Waals surface area contributed by atoms with Crippen LogP contribution >= 0.6 is 0 Å². The largest absolute Gasteiger partial charge is 0.481 e. The molecule has 2 fully saturated rings. The van der Waals surface area contributed by atoms with Crippen molar-refractivity contribution in [2.45, 2.75) is 44.2 Å². The van der Waals surface area contributed by atoms with Crippen LogP contribution in [-0.4, -0.2) is 49.6 Å². The van der Waals surface area contributed by atoms with E-state index in [1.54, 1.807) is 0 Å². The highest BCUT2D eigenvalue weighted by Crippen LogP contribution is 2.32. The molecule has 2 saturated heterocycles. The Morgan fingerprint density at radius 1 is 1.46 bits per heavy atom. The molecular formula is C17H23F3N4O2. The number of hydrogen-bond donors (Lipinski definition) is 2. The molecule has 0 aromatic carbocycles. The molecular weight excluding hydrogens is 349 g/mol. The van der Waals surface area contributed by atoms with E-state index < -0.39 is 11.7 Å². The van der Waals surface area contributed by atoms with Gasteiger partial charge in [-0.25, -0.2) is 13.2 Å². The summed E-state index contributed by atoms with van der Waals surface area (Å²) in [5, 5.41) is 5.84. The van der Waals surface area contributed by atoms with Gasteiger partial charge in [0.05, 0.1) is 13.2 Å². The summed E-state index contributed by atoms with van der Waals surface area (Å²) < 4.78 is 46.3. The van der Waals surface area contributed by atoms with Gasteiger partial charge < -0.3 is 20.3 Å². The summed E-state index contributed by atoms with van der Waals surface area (Å²) in [6, 6.07) is 1.02. The molecule has 6 nitrogen and oxygen atoms in total. The molecule has 3 rings (SSSR count). The van der Waals surface area contributed by atoms with Gasteiger partial charge in [-0.3, -0.25) is 4.79 Å². The molecule has 3 heterocycles. The maximum Gasteiger partial charge on any atom is 0.251 e. The average Bonchev–Trinajstić information content (AvgIpc) is 3.15. The number of piperidine rings is 1. The summed E-state index contributed by atoms with van der Waals surface area (Å²) in [7, 11) is 1.40. The number of ether oxygens (including phenoxy) is 1. The first-order valence-electron chi connectivity index (χ1n) is 8.77. The van der Waals surface area contributed by atoms with E-state index in [4.69, 9.17) is 4.74 Å². The lowest BCUT2D eigenvalue weighted by Gasteiger charge is -2.32. The van der Waals surface area contributed by atoms with Gasteiger partial charge in [0.2, 0.25) is 11.8 Å². The number of hydrogen-bond acceptors (Lipinski definition) is 5.